The fraction of sp³-hybridized carbons (Fsp3) is 0.379. The summed E-state index contributed by atoms with van der Waals surface area (Å²) in [5.41, 5.74) is 3.83. The van der Waals surface area contributed by atoms with Crippen LogP contribution >= 0.6 is 0 Å². The van der Waals surface area contributed by atoms with Crippen LogP contribution in [0.3, 0.4) is 0 Å². The Kier molecular flexibility index (Phi) is 7.19. The topological polar surface area (TPSA) is 75.5 Å². The van der Waals surface area contributed by atoms with E-state index < -0.39 is 6.04 Å². The smallest absolute Gasteiger partial charge is 0.264 e. The number of piperazine rings is 1. The van der Waals surface area contributed by atoms with Crippen LogP contribution in [0.1, 0.15) is 57.7 Å². The summed E-state index contributed by atoms with van der Waals surface area (Å²) >= 11 is 0. The summed E-state index contributed by atoms with van der Waals surface area (Å²) in [6.45, 7) is 6.19. The van der Waals surface area contributed by atoms with Crippen LogP contribution in [-0.2, 0) is 6.54 Å². The van der Waals surface area contributed by atoms with Gasteiger partial charge in [-0.3, -0.25) is 19.4 Å². The largest absolute Gasteiger partial charge is 0.493 e. The van der Waals surface area contributed by atoms with Crippen molar-refractivity contribution >= 4 is 17.5 Å². The average Bonchev–Trinajstić information content (AvgIpc) is 3.53. The molecule has 0 aliphatic carbocycles. The van der Waals surface area contributed by atoms with Gasteiger partial charge in [-0.15, -0.1) is 0 Å². The molecule has 0 bridgehead atoms. The van der Waals surface area contributed by atoms with Gasteiger partial charge >= 0.3 is 0 Å². The number of benzene rings is 2. The minimum Gasteiger partial charge on any atom is -0.493 e. The highest BCUT2D eigenvalue weighted by atomic mass is 16.5. The quantitative estimate of drug-likeness (QED) is 0.390. The Morgan fingerprint density at radius 1 is 0.946 bits per heavy atom. The van der Waals surface area contributed by atoms with E-state index in [4.69, 9.17) is 13.9 Å². The van der Waals surface area contributed by atoms with Gasteiger partial charge in [0.15, 0.2) is 11.5 Å². The fourth-order valence-electron chi connectivity index (χ4n) is 5.40. The lowest BCUT2D eigenvalue weighted by atomic mass is 10.00. The van der Waals surface area contributed by atoms with E-state index in [1.807, 2.05) is 36.4 Å². The molecule has 5 rings (SSSR count). The van der Waals surface area contributed by atoms with Crippen molar-refractivity contribution in [3.63, 3.8) is 0 Å². The van der Waals surface area contributed by atoms with Crippen LogP contribution in [0, 0.1) is 0 Å². The minimum atomic E-state index is -0.392. The molecular formula is C29H33N3O5. The molecule has 2 aromatic carbocycles. The van der Waals surface area contributed by atoms with Crippen LogP contribution in [-0.4, -0.2) is 62.0 Å². The first-order valence-electron chi connectivity index (χ1n) is 12.8. The van der Waals surface area contributed by atoms with Gasteiger partial charge < -0.3 is 18.8 Å². The van der Waals surface area contributed by atoms with Crippen LogP contribution in [0.2, 0.25) is 0 Å². The Morgan fingerprint density at radius 2 is 1.73 bits per heavy atom. The van der Waals surface area contributed by atoms with Crippen molar-refractivity contribution in [2.45, 2.75) is 32.4 Å². The SMILES string of the molecule is CCCC(c1ccc(OC)c(OC)c1)N1C(=O)c2cccc(N3CCN(Cc4ccoc4)CC3)c2C1=O. The summed E-state index contributed by atoms with van der Waals surface area (Å²) in [4.78, 5) is 33.6. The normalized spacial score (nSPS) is 16.7. The van der Waals surface area contributed by atoms with Crippen molar-refractivity contribution < 1.29 is 23.5 Å². The molecule has 3 aromatic rings. The number of carbonyl (C=O) groups excluding carboxylic acids is 2. The molecule has 0 radical (unpaired) electrons. The second-order valence-electron chi connectivity index (χ2n) is 9.49. The molecule has 8 heteroatoms. The number of carbonyl (C=O) groups is 2. The number of nitrogens with zero attached hydrogens (tertiary/aromatic N) is 3. The first-order chi connectivity index (χ1) is 18.0. The summed E-state index contributed by atoms with van der Waals surface area (Å²) in [5, 5.41) is 0. The van der Waals surface area contributed by atoms with E-state index in [1.54, 1.807) is 32.8 Å². The maximum atomic E-state index is 13.9. The molecule has 0 N–H and O–H groups in total. The number of fused-ring (bicyclic) bond motifs is 1. The van der Waals surface area contributed by atoms with Gasteiger partial charge in [-0.2, -0.15) is 0 Å². The van der Waals surface area contributed by atoms with Crippen LogP contribution < -0.4 is 14.4 Å². The molecule has 8 nitrogen and oxygen atoms in total. The molecule has 194 valence electrons. The maximum Gasteiger partial charge on any atom is 0.264 e. The first-order valence-corrected chi connectivity index (χ1v) is 12.8. The molecular weight excluding hydrogens is 470 g/mol. The number of ether oxygens (including phenoxy) is 2. The van der Waals surface area contributed by atoms with Crippen LogP contribution in [0.5, 0.6) is 11.5 Å². The number of imide groups is 1. The fourth-order valence-corrected chi connectivity index (χ4v) is 5.40. The van der Waals surface area contributed by atoms with E-state index >= 15 is 0 Å². The van der Waals surface area contributed by atoms with Crippen molar-refractivity contribution in [3.8, 4) is 11.5 Å². The van der Waals surface area contributed by atoms with Crippen molar-refractivity contribution in [1.82, 2.24) is 9.80 Å². The highest BCUT2D eigenvalue weighted by Gasteiger charge is 2.42. The summed E-state index contributed by atoms with van der Waals surface area (Å²) in [5.74, 6) is 0.711. The molecule has 1 aromatic heterocycles. The Bertz CT molecular complexity index is 1260. The molecule has 1 atom stereocenters. The Hall–Kier alpha value is -3.78. The highest BCUT2D eigenvalue weighted by molar-refractivity contribution is 6.24. The van der Waals surface area contributed by atoms with Gasteiger partial charge in [0.05, 0.1) is 49.6 Å². The second kappa shape index (κ2) is 10.7. The van der Waals surface area contributed by atoms with Gasteiger partial charge in [-0.25, -0.2) is 0 Å². The van der Waals surface area contributed by atoms with Crippen molar-refractivity contribution in [1.29, 1.82) is 0 Å². The van der Waals surface area contributed by atoms with Crippen LogP contribution in [0.25, 0.3) is 0 Å². The number of anilines is 1. The van der Waals surface area contributed by atoms with Gasteiger partial charge in [0, 0.05) is 38.3 Å². The van der Waals surface area contributed by atoms with Gasteiger partial charge in [-0.1, -0.05) is 25.5 Å². The summed E-state index contributed by atoms with van der Waals surface area (Å²) in [7, 11) is 3.17. The molecule has 2 aliphatic heterocycles. The number of hydrogen-bond acceptors (Lipinski definition) is 7. The lowest BCUT2D eigenvalue weighted by Crippen LogP contribution is -2.46. The molecule has 1 unspecified atom stereocenters. The van der Waals surface area contributed by atoms with Gasteiger partial charge in [0.2, 0.25) is 0 Å². The number of amides is 2. The predicted molar refractivity (Wildman–Crippen MR) is 140 cm³/mol. The molecule has 37 heavy (non-hydrogen) atoms. The Morgan fingerprint density at radius 3 is 2.41 bits per heavy atom. The van der Waals surface area contributed by atoms with Crippen LogP contribution in [0.15, 0.2) is 59.4 Å². The van der Waals surface area contributed by atoms with Crippen molar-refractivity contribution in [3.05, 3.63) is 77.2 Å². The molecule has 1 saturated heterocycles. The minimum absolute atomic E-state index is 0.232. The van der Waals surface area contributed by atoms with Gasteiger partial charge in [0.1, 0.15) is 0 Å². The zero-order valence-corrected chi connectivity index (χ0v) is 21.6. The number of furan rings is 1. The molecule has 0 spiro atoms. The zero-order valence-electron chi connectivity index (χ0n) is 21.6. The molecule has 1 fully saturated rings. The number of methoxy groups -OCH3 is 2. The Labute approximate surface area is 217 Å². The Balaban J connectivity index is 1.40. The van der Waals surface area contributed by atoms with E-state index in [0.29, 0.717) is 29.0 Å². The second-order valence-corrected chi connectivity index (χ2v) is 9.49. The first kappa shape index (κ1) is 24.9. The summed E-state index contributed by atoms with van der Waals surface area (Å²) < 4.78 is 16.1. The van der Waals surface area contributed by atoms with E-state index in [-0.39, 0.29) is 11.8 Å². The molecule has 2 amide bonds. The third kappa shape index (κ3) is 4.69. The van der Waals surface area contributed by atoms with E-state index in [9.17, 15) is 9.59 Å². The maximum absolute atomic E-state index is 13.9. The zero-order chi connectivity index (χ0) is 25.9. The van der Waals surface area contributed by atoms with Crippen LogP contribution in [0.4, 0.5) is 5.69 Å². The molecule has 2 aliphatic rings. The molecule has 3 heterocycles. The van der Waals surface area contributed by atoms with Crippen molar-refractivity contribution in [2.75, 3.05) is 45.3 Å². The third-order valence-electron chi connectivity index (χ3n) is 7.29. The average molecular weight is 504 g/mol. The van der Waals surface area contributed by atoms with E-state index in [1.165, 1.54) is 4.90 Å². The summed E-state index contributed by atoms with van der Waals surface area (Å²) in [6.07, 6.45) is 4.95. The van der Waals surface area contributed by atoms with Gasteiger partial charge in [-0.05, 0) is 42.3 Å². The number of hydrogen-bond donors (Lipinski definition) is 0. The monoisotopic (exact) mass is 503 g/mol. The molecule has 0 saturated carbocycles. The van der Waals surface area contributed by atoms with E-state index in [0.717, 1.165) is 56.0 Å². The third-order valence-corrected chi connectivity index (χ3v) is 7.29. The van der Waals surface area contributed by atoms with Gasteiger partial charge in [0.25, 0.3) is 11.8 Å². The lowest BCUT2D eigenvalue weighted by molar-refractivity contribution is 0.0573. The highest BCUT2D eigenvalue weighted by Crippen LogP contribution is 2.40. The predicted octanol–water partition coefficient (Wildman–Crippen LogP) is 4.76. The lowest BCUT2D eigenvalue weighted by Gasteiger charge is -2.36. The number of rotatable bonds is 9. The van der Waals surface area contributed by atoms with E-state index in [2.05, 4.69) is 16.7 Å². The standard InChI is InChI=1S/C29H33N3O5/c1-4-6-23(21-9-10-25(35-2)26(17-21)36-3)32-28(33)22-7-5-8-24(27(22)29(32)34)31-14-12-30(13-15-31)18-20-11-16-37-19-20/h5,7-11,16-17,19,23H,4,6,12-15,18H2,1-3H3. The summed E-state index contributed by atoms with van der Waals surface area (Å²) in [6, 6.07) is 12.8. The van der Waals surface area contributed by atoms with Crippen molar-refractivity contribution in [2.24, 2.45) is 0 Å².